The highest BCUT2D eigenvalue weighted by atomic mass is 32.3. The molecule has 0 amide bonds. The fraction of sp³-hybridized carbons (Fsp3) is 0.455. The quantitative estimate of drug-likeness (QED) is 0.840. The van der Waals surface area contributed by atoms with Crippen molar-refractivity contribution in [3.05, 3.63) is 29.8 Å². The Kier molecular flexibility index (Phi) is 3.42. The van der Waals surface area contributed by atoms with Gasteiger partial charge < -0.3 is 0 Å². The molecule has 17 heavy (non-hydrogen) atoms. The first-order chi connectivity index (χ1) is 7.50. The zero-order chi connectivity index (χ0) is 13.5. The van der Waals surface area contributed by atoms with Gasteiger partial charge in [0.15, 0.2) is 23.8 Å². The molecule has 0 saturated heterocycles. The Hall–Kier alpha value is -0.880. The van der Waals surface area contributed by atoms with Crippen LogP contribution in [0.4, 0.5) is 0 Å². The van der Waals surface area contributed by atoms with Gasteiger partial charge in [0.25, 0.3) is 0 Å². The fourth-order valence-corrected chi connectivity index (χ4v) is 4.15. The molecule has 0 spiro atoms. The molecule has 0 bridgehead atoms. The summed E-state index contributed by atoms with van der Waals surface area (Å²) in [7, 11) is -7.61. The summed E-state index contributed by atoms with van der Waals surface area (Å²) in [5.41, 5.74) is 0.918. The largest absolute Gasteiger partial charge is 0.227 e. The number of benzene rings is 1. The summed E-state index contributed by atoms with van der Waals surface area (Å²) in [6.45, 7) is 4.24. The van der Waals surface area contributed by atoms with Gasteiger partial charge in [0.1, 0.15) is 0 Å². The second kappa shape index (κ2) is 4.10. The van der Waals surface area contributed by atoms with E-state index in [0.717, 1.165) is 11.8 Å². The van der Waals surface area contributed by atoms with Gasteiger partial charge >= 0.3 is 0 Å². The van der Waals surface area contributed by atoms with E-state index >= 15 is 0 Å². The van der Waals surface area contributed by atoms with Gasteiger partial charge in [-0.25, -0.2) is 16.8 Å². The Morgan fingerprint density at radius 3 is 1.71 bits per heavy atom. The van der Waals surface area contributed by atoms with E-state index in [4.69, 9.17) is 0 Å². The first-order valence-electron chi connectivity index (χ1n) is 5.01. The van der Waals surface area contributed by atoms with Crippen molar-refractivity contribution in [1.29, 1.82) is 0 Å². The molecule has 1 aromatic carbocycles. The number of hydrogen-bond acceptors (Lipinski definition) is 4. The van der Waals surface area contributed by atoms with E-state index in [1.807, 2.05) is 6.92 Å². The maximum atomic E-state index is 12.2. The van der Waals surface area contributed by atoms with Crippen LogP contribution in [0.3, 0.4) is 0 Å². The van der Waals surface area contributed by atoms with Crippen molar-refractivity contribution in [1.82, 2.24) is 0 Å². The van der Waals surface area contributed by atoms with Crippen LogP contribution in [0, 0.1) is 6.92 Å². The SMILES string of the molecule is Cc1ccc(S(=O)(=O)C(C)(C)S(C)(=O)=O)cc1. The maximum Gasteiger partial charge on any atom is 0.197 e. The summed E-state index contributed by atoms with van der Waals surface area (Å²) in [6, 6.07) is 6.14. The smallest absolute Gasteiger partial charge is 0.197 e. The van der Waals surface area contributed by atoms with Crippen LogP contribution in [0.5, 0.6) is 0 Å². The standard InChI is InChI=1S/C11H16O4S2/c1-9-5-7-10(8-6-9)17(14,15)11(2,3)16(4,12)13/h5-8H,1-4H3. The second-order valence-electron chi connectivity index (χ2n) is 4.49. The first kappa shape index (κ1) is 14.2. The number of aryl methyl sites for hydroxylation is 1. The molecule has 0 aliphatic rings. The monoisotopic (exact) mass is 276 g/mol. The van der Waals surface area contributed by atoms with Gasteiger partial charge in [-0.15, -0.1) is 0 Å². The van der Waals surface area contributed by atoms with Crippen LogP contribution in [0.15, 0.2) is 29.2 Å². The molecule has 4 nitrogen and oxygen atoms in total. The molecular weight excluding hydrogens is 260 g/mol. The van der Waals surface area contributed by atoms with Crippen molar-refractivity contribution >= 4 is 19.7 Å². The van der Waals surface area contributed by atoms with E-state index in [0.29, 0.717) is 0 Å². The van der Waals surface area contributed by atoms with E-state index in [2.05, 4.69) is 0 Å². The van der Waals surface area contributed by atoms with Crippen LogP contribution >= 0.6 is 0 Å². The average molecular weight is 276 g/mol. The summed E-state index contributed by atoms with van der Waals surface area (Å²) in [4.78, 5) is 0.0264. The lowest BCUT2D eigenvalue weighted by atomic mass is 10.2. The normalized spacial score (nSPS) is 13.6. The van der Waals surface area contributed by atoms with Crippen LogP contribution in [0.1, 0.15) is 19.4 Å². The Morgan fingerprint density at radius 1 is 0.941 bits per heavy atom. The predicted octanol–water partition coefficient (Wildman–Crippen LogP) is 1.55. The van der Waals surface area contributed by atoms with Crippen molar-refractivity contribution in [3.8, 4) is 0 Å². The minimum atomic E-state index is -3.90. The third-order valence-corrected chi connectivity index (χ3v) is 8.41. The summed E-state index contributed by atoms with van der Waals surface area (Å²) >= 11 is 0. The van der Waals surface area contributed by atoms with Gasteiger partial charge in [-0.1, -0.05) is 17.7 Å². The third kappa shape index (κ3) is 2.37. The van der Waals surface area contributed by atoms with Crippen molar-refractivity contribution in [2.45, 2.75) is 29.7 Å². The lowest BCUT2D eigenvalue weighted by molar-refractivity contribution is 0.559. The first-order valence-corrected chi connectivity index (χ1v) is 8.38. The Bertz CT molecular complexity index is 608. The van der Waals surface area contributed by atoms with E-state index in [1.54, 1.807) is 12.1 Å². The molecule has 0 aliphatic carbocycles. The zero-order valence-electron chi connectivity index (χ0n) is 10.3. The zero-order valence-corrected chi connectivity index (χ0v) is 11.9. The van der Waals surface area contributed by atoms with Crippen molar-refractivity contribution < 1.29 is 16.8 Å². The van der Waals surface area contributed by atoms with Gasteiger partial charge in [0, 0.05) is 6.26 Å². The van der Waals surface area contributed by atoms with Gasteiger partial charge in [-0.05, 0) is 32.9 Å². The van der Waals surface area contributed by atoms with Crippen LogP contribution in [0.25, 0.3) is 0 Å². The van der Waals surface area contributed by atoms with Crippen LogP contribution < -0.4 is 0 Å². The van der Waals surface area contributed by atoms with Crippen LogP contribution in [-0.2, 0) is 19.7 Å². The minimum Gasteiger partial charge on any atom is -0.227 e. The highest BCUT2D eigenvalue weighted by Crippen LogP contribution is 2.29. The number of hydrogen-bond donors (Lipinski definition) is 0. The molecule has 0 radical (unpaired) electrons. The number of sulfone groups is 2. The Balaban J connectivity index is 3.45. The highest BCUT2D eigenvalue weighted by molar-refractivity contribution is 8.10. The molecule has 1 aromatic rings. The van der Waals surface area contributed by atoms with E-state index < -0.39 is 23.8 Å². The Labute approximate surface area is 103 Å². The lowest BCUT2D eigenvalue weighted by Crippen LogP contribution is -2.39. The predicted molar refractivity (Wildman–Crippen MR) is 67.3 cm³/mol. The van der Waals surface area contributed by atoms with E-state index in [1.165, 1.54) is 26.0 Å². The molecule has 0 unspecified atom stereocenters. The van der Waals surface area contributed by atoms with Gasteiger partial charge in [-0.3, -0.25) is 0 Å². The molecule has 0 saturated carbocycles. The minimum absolute atomic E-state index is 0.0264. The van der Waals surface area contributed by atoms with E-state index in [9.17, 15) is 16.8 Å². The van der Waals surface area contributed by atoms with Crippen LogP contribution in [-0.4, -0.2) is 27.2 Å². The fourth-order valence-electron chi connectivity index (χ4n) is 1.20. The van der Waals surface area contributed by atoms with Crippen molar-refractivity contribution in [2.75, 3.05) is 6.26 Å². The summed E-state index contributed by atoms with van der Waals surface area (Å²) in [6.07, 6.45) is 0.929. The van der Waals surface area contributed by atoms with Gasteiger partial charge in [-0.2, -0.15) is 0 Å². The summed E-state index contributed by atoms with van der Waals surface area (Å²) in [5.74, 6) is 0. The molecule has 0 fully saturated rings. The van der Waals surface area contributed by atoms with Gasteiger partial charge in [0.2, 0.25) is 0 Å². The molecule has 0 aromatic heterocycles. The van der Waals surface area contributed by atoms with Crippen molar-refractivity contribution in [3.63, 3.8) is 0 Å². The molecule has 96 valence electrons. The topological polar surface area (TPSA) is 68.3 Å². The maximum absolute atomic E-state index is 12.2. The molecular formula is C11H16O4S2. The van der Waals surface area contributed by atoms with Gasteiger partial charge in [0.05, 0.1) is 4.90 Å². The summed E-state index contributed by atoms with van der Waals surface area (Å²) in [5, 5.41) is 0. The molecule has 6 heteroatoms. The average Bonchev–Trinajstić information content (AvgIpc) is 2.16. The molecule has 0 aliphatic heterocycles. The Morgan fingerprint density at radius 2 is 1.35 bits per heavy atom. The third-order valence-electron chi connectivity index (χ3n) is 2.87. The lowest BCUT2D eigenvalue weighted by Gasteiger charge is -2.22. The van der Waals surface area contributed by atoms with E-state index in [-0.39, 0.29) is 4.90 Å². The molecule has 0 N–H and O–H groups in total. The van der Waals surface area contributed by atoms with Crippen molar-refractivity contribution in [2.24, 2.45) is 0 Å². The molecule has 0 heterocycles. The molecule has 1 rings (SSSR count). The second-order valence-corrected chi connectivity index (χ2v) is 9.81. The highest BCUT2D eigenvalue weighted by Gasteiger charge is 2.44. The molecule has 0 atom stereocenters. The summed E-state index contributed by atoms with van der Waals surface area (Å²) < 4.78 is 45.8. The number of rotatable bonds is 3. The van der Waals surface area contributed by atoms with Crippen LogP contribution in [0.2, 0.25) is 0 Å².